The number of phenolic OH excluding ortho intramolecular Hbond substituents is 1. The molecular formula is C19H21N3O6. The molecule has 0 heterocycles. The van der Waals surface area contributed by atoms with E-state index in [1.807, 2.05) is 0 Å². The van der Waals surface area contributed by atoms with Gasteiger partial charge in [0.05, 0.1) is 32.7 Å². The summed E-state index contributed by atoms with van der Waals surface area (Å²) in [6, 6.07) is 9.32. The number of carbonyl (C=O) groups excluding carboxylic acids is 2. The molecule has 0 aliphatic heterocycles. The van der Waals surface area contributed by atoms with Crippen molar-refractivity contribution in [2.75, 3.05) is 26.1 Å². The lowest BCUT2D eigenvalue weighted by atomic mass is 10.2. The van der Waals surface area contributed by atoms with Crippen LogP contribution in [0.2, 0.25) is 0 Å². The van der Waals surface area contributed by atoms with E-state index in [1.54, 1.807) is 37.3 Å². The monoisotopic (exact) mass is 387 g/mol. The standard InChI is InChI=1S/C19H21N3O6/c1-4-28-17-9-12(5-8-15(17)23)11-20-22-19(25)18(24)21-14-7-6-13(26-2)10-16(14)27-3/h5-11,23H,4H2,1-3H3,(H,21,24)(H,22,25)/b20-11-. The number of anilines is 1. The number of amides is 2. The Hall–Kier alpha value is -3.75. The molecule has 0 fully saturated rings. The number of hydrazone groups is 1. The van der Waals surface area contributed by atoms with E-state index in [0.717, 1.165) is 0 Å². The number of carbonyl (C=O) groups is 2. The fourth-order valence-electron chi connectivity index (χ4n) is 2.18. The van der Waals surface area contributed by atoms with Gasteiger partial charge in [-0.2, -0.15) is 5.10 Å². The largest absolute Gasteiger partial charge is 0.504 e. The number of benzene rings is 2. The number of aromatic hydroxyl groups is 1. The van der Waals surface area contributed by atoms with E-state index in [2.05, 4.69) is 15.8 Å². The number of phenols is 1. The van der Waals surface area contributed by atoms with Gasteiger partial charge in [-0.05, 0) is 42.8 Å². The Morgan fingerprint density at radius 2 is 1.86 bits per heavy atom. The summed E-state index contributed by atoms with van der Waals surface area (Å²) < 4.78 is 15.5. The lowest BCUT2D eigenvalue weighted by molar-refractivity contribution is -0.136. The van der Waals surface area contributed by atoms with Crippen molar-refractivity contribution in [1.29, 1.82) is 0 Å². The lowest BCUT2D eigenvalue weighted by Gasteiger charge is -2.10. The second-order valence-corrected chi connectivity index (χ2v) is 5.38. The molecule has 148 valence electrons. The Bertz CT molecular complexity index is 882. The van der Waals surface area contributed by atoms with Gasteiger partial charge in [-0.1, -0.05) is 0 Å². The minimum atomic E-state index is -0.960. The molecule has 0 aliphatic carbocycles. The highest BCUT2D eigenvalue weighted by molar-refractivity contribution is 6.39. The van der Waals surface area contributed by atoms with Crippen LogP contribution in [0.25, 0.3) is 0 Å². The summed E-state index contributed by atoms with van der Waals surface area (Å²) in [5.41, 5.74) is 3.01. The first kappa shape index (κ1) is 20.6. The number of ether oxygens (including phenoxy) is 3. The molecule has 28 heavy (non-hydrogen) atoms. The number of rotatable bonds is 7. The molecule has 2 rings (SSSR count). The second-order valence-electron chi connectivity index (χ2n) is 5.38. The molecule has 9 nitrogen and oxygen atoms in total. The van der Waals surface area contributed by atoms with E-state index < -0.39 is 11.8 Å². The van der Waals surface area contributed by atoms with E-state index in [0.29, 0.717) is 35.1 Å². The molecule has 2 aromatic carbocycles. The van der Waals surface area contributed by atoms with Crippen LogP contribution in [0.5, 0.6) is 23.0 Å². The first-order chi connectivity index (χ1) is 13.5. The quantitative estimate of drug-likeness (QED) is 0.379. The average molecular weight is 387 g/mol. The zero-order valence-electron chi connectivity index (χ0n) is 15.7. The molecule has 2 aromatic rings. The number of hydrogen-bond acceptors (Lipinski definition) is 7. The molecule has 0 spiro atoms. The first-order valence-corrected chi connectivity index (χ1v) is 8.30. The highest BCUT2D eigenvalue weighted by Crippen LogP contribution is 2.29. The van der Waals surface area contributed by atoms with Crippen molar-refractivity contribution < 1.29 is 28.9 Å². The average Bonchev–Trinajstić information content (AvgIpc) is 2.70. The molecular weight excluding hydrogens is 366 g/mol. The van der Waals surface area contributed by atoms with Crippen molar-refractivity contribution in [1.82, 2.24) is 5.43 Å². The van der Waals surface area contributed by atoms with Gasteiger partial charge in [0.15, 0.2) is 11.5 Å². The third kappa shape index (κ3) is 5.37. The van der Waals surface area contributed by atoms with E-state index >= 15 is 0 Å². The van der Waals surface area contributed by atoms with Crippen LogP contribution in [-0.2, 0) is 9.59 Å². The van der Waals surface area contributed by atoms with Gasteiger partial charge in [0, 0.05) is 6.07 Å². The summed E-state index contributed by atoms with van der Waals surface area (Å²) in [5.74, 6) is -0.696. The number of methoxy groups -OCH3 is 2. The minimum Gasteiger partial charge on any atom is -0.504 e. The van der Waals surface area contributed by atoms with Crippen molar-refractivity contribution in [2.24, 2.45) is 5.10 Å². The Labute approximate surface area is 161 Å². The van der Waals surface area contributed by atoms with E-state index in [1.165, 1.54) is 26.5 Å². The molecule has 0 aromatic heterocycles. The molecule has 0 atom stereocenters. The zero-order chi connectivity index (χ0) is 20.5. The maximum atomic E-state index is 12.0. The summed E-state index contributed by atoms with van der Waals surface area (Å²) in [5, 5.41) is 15.8. The van der Waals surface area contributed by atoms with E-state index in [9.17, 15) is 14.7 Å². The fourth-order valence-corrected chi connectivity index (χ4v) is 2.18. The molecule has 0 saturated heterocycles. The van der Waals surface area contributed by atoms with Gasteiger partial charge in [-0.25, -0.2) is 5.43 Å². The third-order valence-corrected chi connectivity index (χ3v) is 3.53. The van der Waals surface area contributed by atoms with E-state index in [-0.39, 0.29) is 5.75 Å². The van der Waals surface area contributed by atoms with Crippen molar-refractivity contribution >= 4 is 23.7 Å². The summed E-state index contributed by atoms with van der Waals surface area (Å²) in [7, 11) is 2.94. The van der Waals surface area contributed by atoms with Crippen LogP contribution < -0.4 is 25.0 Å². The number of nitrogens with one attached hydrogen (secondary N) is 2. The molecule has 9 heteroatoms. The van der Waals surface area contributed by atoms with Gasteiger partial charge in [-0.3, -0.25) is 9.59 Å². The van der Waals surface area contributed by atoms with Gasteiger partial charge < -0.3 is 24.6 Å². The topological polar surface area (TPSA) is 118 Å². The molecule has 0 aliphatic rings. The summed E-state index contributed by atoms with van der Waals surface area (Å²) >= 11 is 0. The van der Waals surface area contributed by atoms with Crippen LogP contribution in [0.4, 0.5) is 5.69 Å². The molecule has 0 bridgehead atoms. The van der Waals surface area contributed by atoms with Crippen LogP contribution >= 0.6 is 0 Å². The lowest BCUT2D eigenvalue weighted by Crippen LogP contribution is -2.32. The number of nitrogens with zero attached hydrogens (tertiary/aromatic N) is 1. The SMILES string of the molecule is CCOc1cc(/C=N\NC(=O)C(=O)Nc2ccc(OC)cc2OC)ccc1O. The van der Waals surface area contributed by atoms with Gasteiger partial charge in [0.2, 0.25) is 0 Å². The summed E-state index contributed by atoms with van der Waals surface area (Å²) in [6.45, 7) is 2.18. The smallest absolute Gasteiger partial charge is 0.329 e. The Balaban J connectivity index is 1.98. The first-order valence-electron chi connectivity index (χ1n) is 8.30. The van der Waals surface area contributed by atoms with Crippen molar-refractivity contribution in [3.8, 4) is 23.0 Å². The van der Waals surface area contributed by atoms with Crippen LogP contribution in [-0.4, -0.2) is 44.0 Å². The molecule has 0 saturated carbocycles. The van der Waals surface area contributed by atoms with Gasteiger partial charge in [0.1, 0.15) is 11.5 Å². The van der Waals surface area contributed by atoms with Crippen LogP contribution in [0, 0.1) is 0 Å². The Morgan fingerprint density at radius 3 is 2.54 bits per heavy atom. The maximum Gasteiger partial charge on any atom is 0.329 e. The minimum absolute atomic E-state index is 0.00384. The Morgan fingerprint density at radius 1 is 1.07 bits per heavy atom. The van der Waals surface area contributed by atoms with Gasteiger partial charge >= 0.3 is 11.8 Å². The fraction of sp³-hybridized carbons (Fsp3) is 0.211. The summed E-state index contributed by atoms with van der Waals surface area (Å²) in [4.78, 5) is 23.9. The molecule has 0 radical (unpaired) electrons. The zero-order valence-corrected chi connectivity index (χ0v) is 15.7. The van der Waals surface area contributed by atoms with Crippen LogP contribution in [0.15, 0.2) is 41.5 Å². The highest BCUT2D eigenvalue weighted by Gasteiger charge is 2.15. The van der Waals surface area contributed by atoms with Crippen molar-refractivity contribution in [3.63, 3.8) is 0 Å². The van der Waals surface area contributed by atoms with Gasteiger partial charge in [-0.15, -0.1) is 0 Å². The Kier molecular flexibility index (Phi) is 7.21. The molecule has 2 amide bonds. The van der Waals surface area contributed by atoms with E-state index in [4.69, 9.17) is 14.2 Å². The van der Waals surface area contributed by atoms with Crippen LogP contribution in [0.3, 0.4) is 0 Å². The van der Waals surface area contributed by atoms with Gasteiger partial charge in [0.25, 0.3) is 0 Å². The maximum absolute atomic E-state index is 12.0. The third-order valence-electron chi connectivity index (χ3n) is 3.53. The summed E-state index contributed by atoms with van der Waals surface area (Å²) in [6.07, 6.45) is 1.32. The second kappa shape index (κ2) is 9.81. The number of hydrogen-bond donors (Lipinski definition) is 3. The molecule has 3 N–H and O–H groups in total. The highest BCUT2D eigenvalue weighted by atomic mass is 16.5. The predicted octanol–water partition coefficient (Wildman–Crippen LogP) is 1.90. The molecule has 0 unspecified atom stereocenters. The van der Waals surface area contributed by atoms with Crippen LogP contribution in [0.1, 0.15) is 12.5 Å². The normalized spacial score (nSPS) is 10.4. The van der Waals surface area contributed by atoms with Crippen molar-refractivity contribution in [2.45, 2.75) is 6.92 Å². The predicted molar refractivity (Wildman–Crippen MR) is 103 cm³/mol. The van der Waals surface area contributed by atoms with Crippen molar-refractivity contribution in [3.05, 3.63) is 42.0 Å².